The van der Waals surface area contributed by atoms with Crippen LogP contribution in [0.5, 0.6) is 0 Å². The molecule has 0 saturated carbocycles. The minimum atomic E-state index is -1.60. The van der Waals surface area contributed by atoms with Crippen molar-refractivity contribution in [1.29, 1.82) is 0 Å². The monoisotopic (exact) mass is 331 g/mol. The quantitative estimate of drug-likeness (QED) is 0.557. The summed E-state index contributed by atoms with van der Waals surface area (Å²) in [6.07, 6.45) is 0. The predicted molar refractivity (Wildman–Crippen MR) is 79.4 cm³/mol. The van der Waals surface area contributed by atoms with Gasteiger partial charge in [-0.1, -0.05) is 12.1 Å². The molecule has 0 aromatic heterocycles. The number of hydrogen-bond donors (Lipinski definition) is 3. The van der Waals surface area contributed by atoms with E-state index in [1.54, 1.807) is 0 Å². The van der Waals surface area contributed by atoms with Crippen molar-refractivity contribution in [3.63, 3.8) is 0 Å². The number of nitrogens with zero attached hydrogens (tertiary/aromatic N) is 1. The van der Waals surface area contributed by atoms with E-state index in [1.807, 2.05) is 0 Å². The number of carboxylic acid groups (broad SMARTS) is 3. The molecule has 0 saturated heterocycles. The Labute approximate surface area is 133 Å². The number of nitro groups is 1. The molecule has 0 amide bonds. The van der Waals surface area contributed by atoms with Gasteiger partial charge in [0.05, 0.1) is 27.2 Å². The highest BCUT2D eigenvalue weighted by molar-refractivity contribution is 6.08. The third-order valence-electron chi connectivity index (χ3n) is 3.22. The Morgan fingerprint density at radius 2 is 1.38 bits per heavy atom. The molecule has 2 rings (SSSR count). The van der Waals surface area contributed by atoms with Gasteiger partial charge in [-0.05, 0) is 18.2 Å². The zero-order valence-electron chi connectivity index (χ0n) is 11.8. The average molecular weight is 331 g/mol. The summed E-state index contributed by atoms with van der Waals surface area (Å²) in [6.45, 7) is 0. The fourth-order valence-electron chi connectivity index (χ4n) is 2.24. The second-order valence-corrected chi connectivity index (χ2v) is 4.64. The summed E-state index contributed by atoms with van der Waals surface area (Å²) in [4.78, 5) is 44.4. The molecule has 3 N–H and O–H groups in total. The van der Waals surface area contributed by atoms with Crippen LogP contribution in [-0.2, 0) is 0 Å². The van der Waals surface area contributed by atoms with E-state index in [-0.39, 0.29) is 5.56 Å². The van der Waals surface area contributed by atoms with Crippen molar-refractivity contribution in [2.24, 2.45) is 0 Å². The maximum atomic E-state index is 11.5. The Morgan fingerprint density at radius 3 is 1.79 bits per heavy atom. The highest BCUT2D eigenvalue weighted by atomic mass is 16.6. The normalized spacial score (nSPS) is 10.2. The molecule has 0 bridgehead atoms. The van der Waals surface area contributed by atoms with E-state index in [2.05, 4.69) is 0 Å². The van der Waals surface area contributed by atoms with Crippen LogP contribution in [0.3, 0.4) is 0 Å². The van der Waals surface area contributed by atoms with Crippen LogP contribution in [0.1, 0.15) is 31.1 Å². The lowest BCUT2D eigenvalue weighted by Gasteiger charge is -2.12. The van der Waals surface area contributed by atoms with Crippen molar-refractivity contribution in [3.8, 4) is 11.1 Å². The topological polar surface area (TPSA) is 155 Å². The van der Waals surface area contributed by atoms with Crippen LogP contribution in [0.15, 0.2) is 36.4 Å². The number of carbonyl (C=O) groups is 3. The largest absolute Gasteiger partial charge is 0.478 e. The van der Waals surface area contributed by atoms with Crippen LogP contribution < -0.4 is 0 Å². The van der Waals surface area contributed by atoms with Gasteiger partial charge in [-0.15, -0.1) is 0 Å². The van der Waals surface area contributed by atoms with E-state index in [1.165, 1.54) is 18.2 Å². The van der Waals surface area contributed by atoms with Crippen LogP contribution in [0, 0.1) is 10.1 Å². The lowest BCUT2D eigenvalue weighted by molar-refractivity contribution is -0.384. The van der Waals surface area contributed by atoms with E-state index in [4.69, 9.17) is 5.11 Å². The van der Waals surface area contributed by atoms with Gasteiger partial charge in [0.2, 0.25) is 0 Å². The van der Waals surface area contributed by atoms with Gasteiger partial charge in [-0.25, -0.2) is 14.4 Å². The standard InChI is InChI=1S/C15H9NO8/c17-13(18)7-5-9(14(19)20)12(10(6-7)15(21)22)8-3-1-2-4-11(8)16(23)24/h1-6H,(H,17,18)(H,19,20)(H,21,22). The van der Waals surface area contributed by atoms with E-state index in [0.29, 0.717) is 0 Å². The fourth-order valence-corrected chi connectivity index (χ4v) is 2.24. The minimum Gasteiger partial charge on any atom is -0.478 e. The third kappa shape index (κ3) is 2.90. The second-order valence-electron chi connectivity index (χ2n) is 4.64. The summed E-state index contributed by atoms with van der Waals surface area (Å²) < 4.78 is 0. The van der Waals surface area contributed by atoms with Crippen molar-refractivity contribution in [2.75, 3.05) is 0 Å². The number of rotatable bonds is 5. The van der Waals surface area contributed by atoms with Gasteiger partial charge in [-0.3, -0.25) is 10.1 Å². The summed E-state index contributed by atoms with van der Waals surface area (Å²) in [7, 11) is 0. The van der Waals surface area contributed by atoms with Crippen molar-refractivity contribution in [2.45, 2.75) is 0 Å². The number of benzene rings is 2. The van der Waals surface area contributed by atoms with E-state index in [9.17, 15) is 34.7 Å². The molecular weight excluding hydrogens is 322 g/mol. The molecule has 2 aromatic carbocycles. The Balaban J connectivity index is 2.97. The lowest BCUT2D eigenvalue weighted by atomic mass is 9.91. The summed E-state index contributed by atoms with van der Waals surface area (Å²) in [5.74, 6) is -4.73. The Kier molecular flexibility index (Phi) is 4.27. The highest BCUT2D eigenvalue weighted by Gasteiger charge is 2.27. The molecule has 24 heavy (non-hydrogen) atoms. The zero-order chi connectivity index (χ0) is 18.0. The smallest absolute Gasteiger partial charge is 0.336 e. The molecule has 0 fully saturated rings. The van der Waals surface area contributed by atoms with Crippen LogP contribution in [0.25, 0.3) is 11.1 Å². The van der Waals surface area contributed by atoms with Gasteiger partial charge in [0.25, 0.3) is 5.69 Å². The molecule has 0 aliphatic carbocycles. The maximum absolute atomic E-state index is 11.5. The van der Waals surface area contributed by atoms with Gasteiger partial charge in [-0.2, -0.15) is 0 Å². The average Bonchev–Trinajstić information content (AvgIpc) is 2.53. The van der Waals surface area contributed by atoms with Gasteiger partial charge >= 0.3 is 17.9 Å². The molecule has 9 heteroatoms. The number of hydrogen-bond acceptors (Lipinski definition) is 5. The number of para-hydroxylation sites is 1. The summed E-state index contributed by atoms with van der Waals surface area (Å²) >= 11 is 0. The van der Waals surface area contributed by atoms with Crippen molar-refractivity contribution >= 4 is 23.6 Å². The van der Waals surface area contributed by atoms with Crippen LogP contribution in [0.4, 0.5) is 5.69 Å². The molecule has 0 spiro atoms. The number of nitro benzene ring substituents is 1. The van der Waals surface area contributed by atoms with Gasteiger partial charge in [0, 0.05) is 11.6 Å². The third-order valence-corrected chi connectivity index (χ3v) is 3.22. The summed E-state index contributed by atoms with van der Waals surface area (Å²) in [6, 6.07) is 6.55. The predicted octanol–water partition coefficient (Wildman–Crippen LogP) is 2.36. The molecule has 0 atom stereocenters. The first-order chi connectivity index (χ1) is 11.2. The van der Waals surface area contributed by atoms with Crippen molar-refractivity contribution in [3.05, 3.63) is 63.2 Å². The van der Waals surface area contributed by atoms with Crippen molar-refractivity contribution in [1.82, 2.24) is 0 Å². The van der Waals surface area contributed by atoms with E-state index < -0.39 is 50.8 Å². The molecular formula is C15H9NO8. The van der Waals surface area contributed by atoms with Crippen LogP contribution in [-0.4, -0.2) is 38.2 Å². The summed E-state index contributed by atoms with van der Waals surface area (Å²) in [5.41, 5.74) is -3.00. The molecule has 0 unspecified atom stereocenters. The first-order valence-electron chi connectivity index (χ1n) is 6.35. The first-order valence-corrected chi connectivity index (χ1v) is 6.35. The Morgan fingerprint density at radius 1 is 0.875 bits per heavy atom. The zero-order valence-corrected chi connectivity index (χ0v) is 11.8. The van der Waals surface area contributed by atoms with Crippen LogP contribution in [0.2, 0.25) is 0 Å². The Hall–Kier alpha value is -3.75. The molecule has 0 heterocycles. The SMILES string of the molecule is O=C(O)c1cc(C(=O)O)c(-c2ccccc2[N+](=O)[O-])c(C(=O)O)c1. The fraction of sp³-hybridized carbons (Fsp3) is 0. The van der Waals surface area contributed by atoms with Crippen molar-refractivity contribution < 1.29 is 34.6 Å². The first kappa shape index (κ1) is 16.6. The van der Waals surface area contributed by atoms with Gasteiger partial charge in [0.1, 0.15) is 0 Å². The van der Waals surface area contributed by atoms with E-state index >= 15 is 0 Å². The molecule has 122 valence electrons. The van der Waals surface area contributed by atoms with Gasteiger partial charge in [0.15, 0.2) is 0 Å². The minimum absolute atomic E-state index is 0.228. The lowest BCUT2D eigenvalue weighted by Crippen LogP contribution is -2.11. The molecule has 0 aliphatic rings. The maximum Gasteiger partial charge on any atom is 0.336 e. The molecule has 2 aromatic rings. The summed E-state index contributed by atoms with van der Waals surface area (Å²) in [5, 5.41) is 38.8. The Bertz CT molecular complexity index is 852. The highest BCUT2D eigenvalue weighted by Crippen LogP contribution is 2.35. The number of aromatic carboxylic acids is 3. The van der Waals surface area contributed by atoms with E-state index in [0.717, 1.165) is 18.2 Å². The van der Waals surface area contributed by atoms with Crippen LogP contribution >= 0.6 is 0 Å². The molecule has 9 nitrogen and oxygen atoms in total. The number of carboxylic acids is 3. The second kappa shape index (κ2) is 6.16. The molecule has 0 radical (unpaired) electrons. The van der Waals surface area contributed by atoms with Gasteiger partial charge < -0.3 is 15.3 Å². The molecule has 0 aliphatic heterocycles.